The number of carbonyl (C=O) groups excluding carboxylic acids is 2. The summed E-state index contributed by atoms with van der Waals surface area (Å²) < 4.78 is 20.3. The first-order chi connectivity index (χ1) is 18.3. The maximum absolute atomic E-state index is 14.5. The summed E-state index contributed by atoms with van der Waals surface area (Å²) in [7, 11) is 0. The van der Waals surface area contributed by atoms with Gasteiger partial charge in [0.15, 0.2) is 0 Å². The number of hydrogen-bond donors (Lipinski definition) is 1. The quantitative estimate of drug-likeness (QED) is 0.329. The Kier molecular flexibility index (Phi) is 6.84. The largest absolute Gasteiger partial charge is 0.457 e. The van der Waals surface area contributed by atoms with Crippen molar-refractivity contribution in [2.24, 2.45) is 11.3 Å². The number of fused-ring (bicyclic) bond motifs is 1. The summed E-state index contributed by atoms with van der Waals surface area (Å²) in [6, 6.07) is 18.4. The maximum atomic E-state index is 14.5. The Morgan fingerprint density at radius 2 is 1.82 bits per heavy atom. The van der Waals surface area contributed by atoms with E-state index in [-0.39, 0.29) is 40.6 Å². The molecule has 0 radical (unpaired) electrons. The Balaban J connectivity index is 1.26. The molecule has 5 rings (SSSR count). The fraction of sp³-hybridized carbons (Fsp3) is 0.310. The number of amides is 2. The van der Waals surface area contributed by atoms with Gasteiger partial charge < -0.3 is 15.0 Å². The molecule has 2 fully saturated rings. The van der Waals surface area contributed by atoms with Crippen LogP contribution in [0, 0.1) is 34.2 Å². The highest BCUT2D eigenvalue weighted by atomic mass is 19.1. The zero-order chi connectivity index (χ0) is 26.9. The molecule has 2 aliphatic rings. The Labute approximate surface area is 219 Å². The van der Waals surface area contributed by atoms with Crippen LogP contribution in [0.3, 0.4) is 0 Å². The molecule has 38 heavy (non-hydrogen) atoms. The molecule has 9 heteroatoms. The molecule has 0 bridgehead atoms. The topological polar surface area (TPSA) is 102 Å². The monoisotopic (exact) mass is 517 g/mol. The Morgan fingerprint density at radius 3 is 2.53 bits per heavy atom. The second-order valence-corrected chi connectivity index (χ2v) is 10.1. The number of hydrogen-bond acceptors (Lipinski definition) is 5. The van der Waals surface area contributed by atoms with Crippen LogP contribution in [0.25, 0.3) is 0 Å². The Morgan fingerprint density at radius 1 is 1.11 bits per heavy atom. The van der Waals surface area contributed by atoms with E-state index in [2.05, 4.69) is 5.32 Å². The van der Waals surface area contributed by atoms with E-state index in [1.54, 1.807) is 24.3 Å². The van der Waals surface area contributed by atoms with Crippen molar-refractivity contribution < 1.29 is 23.6 Å². The van der Waals surface area contributed by atoms with Gasteiger partial charge >= 0.3 is 0 Å². The predicted molar refractivity (Wildman–Crippen MR) is 139 cm³/mol. The number of para-hydroxylation sites is 1. The van der Waals surface area contributed by atoms with Crippen LogP contribution >= 0.6 is 0 Å². The van der Waals surface area contributed by atoms with Crippen molar-refractivity contribution in [2.45, 2.75) is 26.2 Å². The van der Waals surface area contributed by atoms with Crippen LogP contribution in [0.2, 0.25) is 0 Å². The predicted octanol–water partition coefficient (Wildman–Crippen LogP) is 5.51. The molecule has 0 aromatic heterocycles. The second-order valence-electron chi connectivity index (χ2n) is 10.1. The van der Waals surface area contributed by atoms with E-state index in [0.717, 1.165) is 31.4 Å². The first kappa shape index (κ1) is 25.4. The third kappa shape index (κ3) is 4.83. The van der Waals surface area contributed by atoms with Gasteiger partial charge in [-0.25, -0.2) is 4.39 Å². The average molecular weight is 518 g/mol. The molecule has 1 aliphatic heterocycles. The molecule has 3 aromatic carbocycles. The summed E-state index contributed by atoms with van der Waals surface area (Å²) in [6.45, 7) is 2.71. The summed E-state index contributed by atoms with van der Waals surface area (Å²) in [4.78, 5) is 38.7. The summed E-state index contributed by atoms with van der Waals surface area (Å²) in [6.07, 6.45) is 2.76. The second kappa shape index (κ2) is 10.2. The normalized spacial score (nSPS) is 20.2. The van der Waals surface area contributed by atoms with Gasteiger partial charge in [-0.05, 0) is 68.1 Å². The fourth-order valence-electron chi connectivity index (χ4n) is 5.82. The molecular weight excluding hydrogens is 489 g/mol. The van der Waals surface area contributed by atoms with Crippen molar-refractivity contribution in [3.63, 3.8) is 0 Å². The molecule has 1 heterocycles. The van der Waals surface area contributed by atoms with Crippen molar-refractivity contribution in [1.29, 1.82) is 0 Å². The lowest BCUT2D eigenvalue weighted by Crippen LogP contribution is -2.41. The smallest absolute Gasteiger partial charge is 0.273 e. The lowest BCUT2D eigenvalue weighted by molar-refractivity contribution is -0.385. The minimum atomic E-state index is -0.797. The number of carbonyl (C=O) groups is 2. The summed E-state index contributed by atoms with van der Waals surface area (Å²) in [5.74, 6) is -0.00561. The minimum absolute atomic E-state index is 0.00381. The van der Waals surface area contributed by atoms with Crippen LogP contribution in [-0.4, -0.2) is 41.3 Å². The number of nitro groups is 1. The summed E-state index contributed by atoms with van der Waals surface area (Å²) >= 11 is 0. The lowest BCUT2D eigenvalue weighted by Gasteiger charge is -2.29. The van der Waals surface area contributed by atoms with E-state index < -0.39 is 16.6 Å². The molecule has 1 saturated heterocycles. The first-order valence-electron chi connectivity index (χ1n) is 12.6. The Bertz CT molecular complexity index is 1380. The van der Waals surface area contributed by atoms with Crippen LogP contribution in [0.5, 0.6) is 11.5 Å². The molecule has 2 atom stereocenters. The van der Waals surface area contributed by atoms with Crippen LogP contribution < -0.4 is 10.1 Å². The van der Waals surface area contributed by atoms with E-state index >= 15 is 0 Å². The van der Waals surface area contributed by atoms with Gasteiger partial charge in [-0.15, -0.1) is 0 Å². The molecule has 1 aliphatic carbocycles. The number of ether oxygens (including phenoxy) is 1. The summed E-state index contributed by atoms with van der Waals surface area (Å²) in [5.41, 5.74) is -0.373. The number of rotatable bonds is 7. The molecule has 1 saturated carbocycles. The molecule has 8 nitrogen and oxygen atoms in total. The molecule has 3 aromatic rings. The van der Waals surface area contributed by atoms with Gasteiger partial charge in [0.1, 0.15) is 17.3 Å². The van der Waals surface area contributed by atoms with Crippen LogP contribution in [-0.2, 0) is 0 Å². The van der Waals surface area contributed by atoms with E-state index in [9.17, 15) is 24.1 Å². The number of halogens is 1. The van der Waals surface area contributed by atoms with Crippen LogP contribution in [0.4, 0.5) is 10.1 Å². The van der Waals surface area contributed by atoms with Gasteiger partial charge in [0.25, 0.3) is 17.5 Å². The van der Waals surface area contributed by atoms with E-state index in [4.69, 9.17) is 4.74 Å². The van der Waals surface area contributed by atoms with Crippen LogP contribution in [0.1, 0.15) is 45.5 Å². The molecule has 196 valence electrons. The van der Waals surface area contributed by atoms with E-state index in [0.29, 0.717) is 30.2 Å². The third-order valence-electron chi connectivity index (χ3n) is 7.82. The third-order valence-corrected chi connectivity index (χ3v) is 7.82. The van der Waals surface area contributed by atoms with Gasteiger partial charge in [0.2, 0.25) is 0 Å². The van der Waals surface area contributed by atoms with Crippen LogP contribution in [0.15, 0.2) is 66.7 Å². The van der Waals surface area contributed by atoms with Gasteiger partial charge in [0, 0.05) is 42.2 Å². The first-order valence-corrected chi connectivity index (χ1v) is 12.6. The van der Waals surface area contributed by atoms with Gasteiger partial charge in [-0.2, -0.15) is 0 Å². The zero-order valence-electron chi connectivity index (χ0n) is 21.0. The fourth-order valence-corrected chi connectivity index (χ4v) is 5.82. The molecule has 0 unspecified atom stereocenters. The number of nitrogens with one attached hydrogen (secondary N) is 1. The SMILES string of the molecule is Cc1c([N+](=O)[O-])ccc(F)c1C(=O)NC[C@]12CCC[C@H]1CN(C(=O)c1ccc(Oc3ccccc3)cc1)C2. The maximum Gasteiger partial charge on any atom is 0.273 e. The van der Waals surface area contributed by atoms with Crippen molar-refractivity contribution in [2.75, 3.05) is 19.6 Å². The van der Waals surface area contributed by atoms with Crippen molar-refractivity contribution in [3.8, 4) is 11.5 Å². The van der Waals surface area contributed by atoms with Gasteiger partial charge in [-0.1, -0.05) is 24.6 Å². The Hall–Kier alpha value is -4.27. The van der Waals surface area contributed by atoms with Gasteiger partial charge in [0.05, 0.1) is 10.5 Å². The molecule has 1 N–H and O–H groups in total. The van der Waals surface area contributed by atoms with E-state index in [1.165, 1.54) is 6.92 Å². The van der Waals surface area contributed by atoms with Crippen molar-refractivity contribution in [3.05, 3.63) is 99.4 Å². The molecule has 0 spiro atoms. The molecular formula is C29H28FN3O5. The standard InChI is InChI=1S/C29H28FN3O5/c1-19-25(33(36)37)14-13-24(30)26(19)27(34)31-17-29-15-5-6-21(29)16-32(18-29)28(35)20-9-11-23(12-10-20)38-22-7-3-2-4-8-22/h2-4,7-14,21H,5-6,15-18H2,1H3,(H,31,34)/t21-,29-/m0/s1. The number of nitrogens with zero attached hydrogens (tertiary/aromatic N) is 2. The number of benzene rings is 3. The van der Waals surface area contributed by atoms with Gasteiger partial charge in [-0.3, -0.25) is 19.7 Å². The lowest BCUT2D eigenvalue weighted by atomic mass is 9.80. The van der Waals surface area contributed by atoms with Crippen molar-refractivity contribution in [1.82, 2.24) is 10.2 Å². The highest BCUT2D eigenvalue weighted by molar-refractivity contribution is 5.97. The zero-order valence-corrected chi connectivity index (χ0v) is 21.0. The summed E-state index contributed by atoms with van der Waals surface area (Å²) in [5, 5.41) is 14.1. The van der Waals surface area contributed by atoms with E-state index in [1.807, 2.05) is 35.2 Å². The number of likely N-dealkylation sites (tertiary alicyclic amines) is 1. The van der Waals surface area contributed by atoms with Crippen molar-refractivity contribution >= 4 is 17.5 Å². The highest BCUT2D eigenvalue weighted by Gasteiger charge is 2.50. The highest BCUT2D eigenvalue weighted by Crippen LogP contribution is 2.48. The average Bonchev–Trinajstić information content (AvgIpc) is 3.46. The molecule has 2 amide bonds. The number of nitro benzene ring substituents is 1. The minimum Gasteiger partial charge on any atom is -0.457 e.